The van der Waals surface area contributed by atoms with Crippen LogP contribution in [0.5, 0.6) is 0 Å². The van der Waals surface area contributed by atoms with Gasteiger partial charge in [-0.2, -0.15) is 0 Å². The Hall–Kier alpha value is -1.20. The number of hydrogen-bond acceptors (Lipinski definition) is 4. The van der Waals surface area contributed by atoms with Crippen LogP contribution in [-0.4, -0.2) is 28.8 Å². The fourth-order valence-electron chi connectivity index (χ4n) is 1.35. The molecular weight excluding hydrogens is 194 g/mol. The molecule has 1 heterocycles. The average Bonchev–Trinajstić information content (AvgIpc) is 2.22. The van der Waals surface area contributed by atoms with Gasteiger partial charge in [-0.05, 0) is 19.4 Å². The minimum Gasteiger partial charge on any atom is -0.375 e. The van der Waals surface area contributed by atoms with Crippen molar-refractivity contribution in [2.24, 2.45) is 5.73 Å². The molecule has 0 amide bonds. The lowest BCUT2D eigenvalue weighted by atomic mass is 10.3. The third-order valence-corrected chi connectivity index (χ3v) is 2.05. The predicted octanol–water partition coefficient (Wildman–Crippen LogP) is -0.0845. The lowest BCUT2D eigenvalue weighted by Gasteiger charge is -2.15. The van der Waals surface area contributed by atoms with Gasteiger partial charge in [-0.15, -0.1) is 0 Å². The van der Waals surface area contributed by atoms with Crippen LogP contribution >= 0.6 is 0 Å². The zero-order chi connectivity index (χ0) is 11.3. The quantitative estimate of drug-likeness (QED) is 0.739. The summed E-state index contributed by atoms with van der Waals surface area (Å²) < 4.78 is 6.91. The highest BCUT2D eigenvalue weighted by molar-refractivity contribution is 4.99. The van der Waals surface area contributed by atoms with Gasteiger partial charge in [0, 0.05) is 25.5 Å². The third kappa shape index (κ3) is 3.45. The molecule has 84 valence electrons. The van der Waals surface area contributed by atoms with Crippen molar-refractivity contribution in [1.29, 1.82) is 0 Å². The zero-order valence-corrected chi connectivity index (χ0v) is 9.14. The fraction of sp³-hybridized carbons (Fsp3) is 0.600. The van der Waals surface area contributed by atoms with Crippen molar-refractivity contribution in [3.05, 3.63) is 28.4 Å². The van der Waals surface area contributed by atoms with Crippen LogP contribution in [0.1, 0.15) is 12.5 Å². The van der Waals surface area contributed by atoms with E-state index < -0.39 is 0 Å². The van der Waals surface area contributed by atoms with Crippen molar-refractivity contribution in [3.8, 4) is 0 Å². The molecule has 0 saturated heterocycles. The van der Waals surface area contributed by atoms with Crippen molar-refractivity contribution < 1.29 is 4.74 Å². The molecule has 0 fully saturated rings. The van der Waals surface area contributed by atoms with E-state index >= 15 is 0 Å². The van der Waals surface area contributed by atoms with Crippen LogP contribution in [-0.2, 0) is 11.3 Å². The Balaban J connectivity index is 2.78. The summed E-state index contributed by atoms with van der Waals surface area (Å²) in [4.78, 5) is 15.1. The molecule has 0 saturated carbocycles. The second-order valence-electron chi connectivity index (χ2n) is 3.38. The summed E-state index contributed by atoms with van der Waals surface area (Å²) in [6.45, 7) is 5.24. The molecule has 1 aromatic rings. The van der Waals surface area contributed by atoms with Gasteiger partial charge in [-0.1, -0.05) is 0 Å². The Morgan fingerprint density at radius 1 is 1.67 bits per heavy atom. The first-order valence-corrected chi connectivity index (χ1v) is 5.02. The monoisotopic (exact) mass is 211 g/mol. The lowest BCUT2D eigenvalue weighted by Crippen LogP contribution is -2.34. The van der Waals surface area contributed by atoms with Gasteiger partial charge in [-0.25, -0.2) is 9.78 Å². The van der Waals surface area contributed by atoms with E-state index in [1.165, 1.54) is 4.57 Å². The van der Waals surface area contributed by atoms with E-state index in [4.69, 9.17) is 10.5 Å². The normalized spacial score (nSPS) is 12.7. The summed E-state index contributed by atoms with van der Waals surface area (Å²) in [5.74, 6) is 0. The highest BCUT2D eigenvalue weighted by atomic mass is 16.5. The molecule has 15 heavy (non-hydrogen) atoms. The van der Waals surface area contributed by atoms with Gasteiger partial charge in [0.25, 0.3) is 0 Å². The van der Waals surface area contributed by atoms with Crippen LogP contribution in [0.2, 0.25) is 0 Å². The maximum absolute atomic E-state index is 11.4. The van der Waals surface area contributed by atoms with E-state index in [0.29, 0.717) is 19.7 Å². The Morgan fingerprint density at radius 2 is 2.40 bits per heavy atom. The molecule has 0 bridgehead atoms. The van der Waals surface area contributed by atoms with E-state index in [2.05, 4.69) is 4.98 Å². The molecule has 0 aliphatic carbocycles. The van der Waals surface area contributed by atoms with Crippen molar-refractivity contribution in [2.45, 2.75) is 26.5 Å². The van der Waals surface area contributed by atoms with Crippen molar-refractivity contribution >= 4 is 0 Å². The standard InChI is InChI=1S/C10H17N3O2/c1-3-15-9(4-11)7-13-6-8(2)5-12-10(13)14/h5-6,9H,3-4,7,11H2,1-2H3. The van der Waals surface area contributed by atoms with E-state index in [9.17, 15) is 4.79 Å². The molecule has 5 heteroatoms. The van der Waals surface area contributed by atoms with Gasteiger partial charge in [0.05, 0.1) is 12.6 Å². The summed E-state index contributed by atoms with van der Waals surface area (Å²) in [7, 11) is 0. The molecule has 0 spiro atoms. The number of nitrogens with two attached hydrogens (primary N) is 1. The van der Waals surface area contributed by atoms with E-state index in [0.717, 1.165) is 5.56 Å². The van der Waals surface area contributed by atoms with Crippen LogP contribution in [0.15, 0.2) is 17.2 Å². The van der Waals surface area contributed by atoms with Crippen LogP contribution in [0.25, 0.3) is 0 Å². The fourth-order valence-corrected chi connectivity index (χ4v) is 1.35. The van der Waals surface area contributed by atoms with Gasteiger partial charge in [-0.3, -0.25) is 4.57 Å². The molecule has 1 unspecified atom stereocenters. The maximum Gasteiger partial charge on any atom is 0.347 e. The number of aryl methyl sites for hydroxylation is 1. The summed E-state index contributed by atoms with van der Waals surface area (Å²) in [5.41, 5.74) is 6.22. The SMILES string of the molecule is CCOC(CN)Cn1cc(C)cnc1=O. The molecule has 0 radical (unpaired) electrons. The second-order valence-corrected chi connectivity index (χ2v) is 3.38. The van der Waals surface area contributed by atoms with E-state index in [1.54, 1.807) is 12.4 Å². The first-order chi connectivity index (χ1) is 7.17. The lowest BCUT2D eigenvalue weighted by molar-refractivity contribution is 0.0557. The zero-order valence-electron chi connectivity index (χ0n) is 9.14. The van der Waals surface area contributed by atoms with Gasteiger partial charge in [0.15, 0.2) is 0 Å². The minimum atomic E-state index is -0.265. The Kier molecular flexibility index (Phi) is 4.45. The number of aromatic nitrogens is 2. The van der Waals surface area contributed by atoms with Crippen LogP contribution < -0.4 is 11.4 Å². The third-order valence-electron chi connectivity index (χ3n) is 2.05. The molecule has 0 aromatic carbocycles. The molecule has 0 aliphatic rings. The number of rotatable bonds is 5. The van der Waals surface area contributed by atoms with E-state index in [-0.39, 0.29) is 11.8 Å². The molecule has 1 rings (SSSR count). The highest BCUT2D eigenvalue weighted by Crippen LogP contribution is 1.96. The topological polar surface area (TPSA) is 70.1 Å². The number of nitrogens with zero attached hydrogens (tertiary/aromatic N) is 2. The maximum atomic E-state index is 11.4. The van der Waals surface area contributed by atoms with Gasteiger partial charge in [0.1, 0.15) is 0 Å². The van der Waals surface area contributed by atoms with Crippen molar-refractivity contribution in [2.75, 3.05) is 13.2 Å². The van der Waals surface area contributed by atoms with Crippen molar-refractivity contribution in [1.82, 2.24) is 9.55 Å². The van der Waals surface area contributed by atoms with Gasteiger partial charge < -0.3 is 10.5 Å². The molecule has 1 atom stereocenters. The molecule has 0 aliphatic heterocycles. The predicted molar refractivity (Wildman–Crippen MR) is 57.7 cm³/mol. The molecule has 2 N–H and O–H groups in total. The second kappa shape index (κ2) is 5.63. The Labute approximate surface area is 88.9 Å². The largest absolute Gasteiger partial charge is 0.375 e. The molecular formula is C10H17N3O2. The summed E-state index contributed by atoms with van der Waals surface area (Å²) in [6.07, 6.45) is 3.19. The average molecular weight is 211 g/mol. The molecule has 1 aromatic heterocycles. The van der Waals surface area contributed by atoms with E-state index in [1.807, 2.05) is 13.8 Å². The van der Waals surface area contributed by atoms with Crippen molar-refractivity contribution in [3.63, 3.8) is 0 Å². The van der Waals surface area contributed by atoms with Gasteiger partial charge >= 0.3 is 5.69 Å². The summed E-state index contributed by atoms with van der Waals surface area (Å²) in [6, 6.07) is 0. The van der Waals surface area contributed by atoms with Crippen LogP contribution in [0.4, 0.5) is 0 Å². The first kappa shape index (κ1) is 11.9. The van der Waals surface area contributed by atoms with Crippen LogP contribution in [0.3, 0.4) is 0 Å². The summed E-state index contributed by atoms with van der Waals surface area (Å²) in [5, 5.41) is 0. The smallest absolute Gasteiger partial charge is 0.347 e. The van der Waals surface area contributed by atoms with Crippen LogP contribution in [0, 0.1) is 6.92 Å². The summed E-state index contributed by atoms with van der Waals surface area (Å²) >= 11 is 0. The number of hydrogen-bond donors (Lipinski definition) is 1. The van der Waals surface area contributed by atoms with Gasteiger partial charge in [0.2, 0.25) is 0 Å². The molecule has 5 nitrogen and oxygen atoms in total. The Morgan fingerprint density at radius 3 is 3.00 bits per heavy atom. The highest BCUT2D eigenvalue weighted by Gasteiger charge is 2.08. The number of ether oxygens (including phenoxy) is 1. The Bertz CT molecular complexity index is 362. The first-order valence-electron chi connectivity index (χ1n) is 5.02. The minimum absolute atomic E-state index is 0.128.